The van der Waals surface area contributed by atoms with Gasteiger partial charge < -0.3 is 10.0 Å². The smallest absolute Gasteiger partial charge is 0.376 e. The van der Waals surface area contributed by atoms with Gasteiger partial charge in [-0.25, -0.2) is 8.42 Å². The molecule has 10 heteroatoms. The van der Waals surface area contributed by atoms with Crippen molar-refractivity contribution in [2.75, 3.05) is 24.5 Å². The molecule has 1 saturated heterocycles. The van der Waals surface area contributed by atoms with E-state index >= 15 is 0 Å². The summed E-state index contributed by atoms with van der Waals surface area (Å²) in [6, 6.07) is 5.32. The molecule has 0 aromatic heterocycles. The lowest BCUT2D eigenvalue weighted by molar-refractivity contribution is -0.258. The van der Waals surface area contributed by atoms with Crippen LogP contribution in [0.15, 0.2) is 47.4 Å². The third-order valence-corrected chi connectivity index (χ3v) is 7.95. The van der Waals surface area contributed by atoms with Crippen molar-refractivity contribution in [1.82, 2.24) is 4.31 Å². The van der Waals surface area contributed by atoms with Gasteiger partial charge in [-0.05, 0) is 37.6 Å². The largest absolute Gasteiger partial charge is 0.421 e. The summed E-state index contributed by atoms with van der Waals surface area (Å²) in [6.07, 6.45) is 0.639. The Hall–Kier alpha value is -1.75. The minimum Gasteiger partial charge on any atom is -0.376 e. The van der Waals surface area contributed by atoms with Gasteiger partial charge in [-0.15, -0.1) is 0 Å². The lowest BCUT2D eigenvalue weighted by Crippen LogP contribution is -2.54. The average Bonchev–Trinajstić information content (AvgIpc) is 2.67. The number of benzene rings is 1. The Morgan fingerprint density at radius 1 is 1.17 bits per heavy atom. The van der Waals surface area contributed by atoms with Crippen molar-refractivity contribution in [2.24, 2.45) is 0 Å². The first kappa shape index (κ1) is 22.9. The molecule has 0 unspecified atom stereocenters. The first-order valence-electron chi connectivity index (χ1n) is 9.42. The monoisotopic (exact) mass is 460 g/mol. The SMILES string of the molecule is C[C@H]1CN(S(=O)(=O)C2=CC=CCC2=S)CCN1c1ccc([C@](C)(O)C(F)(F)F)cc1. The summed E-state index contributed by atoms with van der Waals surface area (Å²) in [7, 11) is -3.70. The van der Waals surface area contributed by atoms with Gasteiger partial charge in [0.2, 0.25) is 10.0 Å². The number of rotatable bonds is 4. The van der Waals surface area contributed by atoms with Gasteiger partial charge in [-0.1, -0.05) is 36.5 Å². The van der Waals surface area contributed by atoms with Crippen LogP contribution in [0, 0.1) is 0 Å². The zero-order chi connectivity index (χ0) is 22.3. The van der Waals surface area contributed by atoms with Gasteiger partial charge >= 0.3 is 6.18 Å². The van der Waals surface area contributed by atoms with E-state index in [1.54, 1.807) is 6.08 Å². The predicted molar refractivity (Wildman–Crippen MR) is 114 cm³/mol. The van der Waals surface area contributed by atoms with Crippen molar-refractivity contribution in [3.05, 3.63) is 53.0 Å². The second kappa shape index (κ2) is 8.07. The molecule has 1 aliphatic carbocycles. The van der Waals surface area contributed by atoms with Crippen LogP contribution >= 0.6 is 12.2 Å². The van der Waals surface area contributed by atoms with Crippen molar-refractivity contribution in [1.29, 1.82) is 0 Å². The molecule has 164 valence electrons. The lowest BCUT2D eigenvalue weighted by atomic mass is 9.95. The van der Waals surface area contributed by atoms with Crippen molar-refractivity contribution in [3.63, 3.8) is 0 Å². The van der Waals surface area contributed by atoms with Crippen LogP contribution in [-0.2, 0) is 15.6 Å². The van der Waals surface area contributed by atoms with E-state index in [1.165, 1.54) is 34.6 Å². The molecule has 0 radical (unpaired) electrons. The fourth-order valence-corrected chi connectivity index (χ4v) is 5.67. The van der Waals surface area contributed by atoms with E-state index in [9.17, 15) is 26.7 Å². The Morgan fingerprint density at radius 2 is 1.80 bits per heavy atom. The molecular weight excluding hydrogens is 437 g/mol. The highest BCUT2D eigenvalue weighted by Crippen LogP contribution is 2.39. The number of hydrogen-bond donors (Lipinski definition) is 1. The molecule has 1 fully saturated rings. The highest BCUT2D eigenvalue weighted by Gasteiger charge is 2.51. The number of aliphatic hydroxyl groups is 1. The third-order valence-electron chi connectivity index (χ3n) is 5.48. The van der Waals surface area contributed by atoms with Crippen molar-refractivity contribution in [3.8, 4) is 0 Å². The number of anilines is 1. The number of allylic oxidation sites excluding steroid dienone is 4. The summed E-state index contributed by atoms with van der Waals surface area (Å²) in [6.45, 7) is 3.42. The quantitative estimate of drug-likeness (QED) is 0.697. The fourth-order valence-electron chi connectivity index (χ4n) is 3.56. The van der Waals surface area contributed by atoms with E-state index in [0.29, 0.717) is 30.4 Å². The van der Waals surface area contributed by atoms with Crippen molar-refractivity contribution < 1.29 is 26.7 Å². The molecule has 1 heterocycles. The van der Waals surface area contributed by atoms with Crippen LogP contribution in [0.5, 0.6) is 0 Å². The maximum absolute atomic E-state index is 13.0. The Bertz CT molecular complexity index is 984. The second-order valence-electron chi connectivity index (χ2n) is 7.61. The summed E-state index contributed by atoms with van der Waals surface area (Å²) in [5.74, 6) is 0. The molecule has 2 atom stereocenters. The van der Waals surface area contributed by atoms with Gasteiger partial charge in [-0.2, -0.15) is 17.5 Å². The van der Waals surface area contributed by atoms with Crippen molar-refractivity contribution in [2.45, 2.75) is 38.1 Å². The summed E-state index contributed by atoms with van der Waals surface area (Å²) < 4.78 is 66.4. The van der Waals surface area contributed by atoms with Gasteiger partial charge in [0.1, 0.15) is 0 Å². The molecule has 1 N–H and O–H groups in total. The first-order chi connectivity index (χ1) is 13.9. The van der Waals surface area contributed by atoms with Crippen LogP contribution in [0.3, 0.4) is 0 Å². The lowest BCUT2D eigenvalue weighted by Gasteiger charge is -2.41. The standard InChI is InChI=1S/C20H23F3N2O3S2/c1-14-13-24(30(27,28)18-6-4-3-5-17(18)29)11-12-25(14)16-9-7-15(8-10-16)19(2,26)20(21,22)23/h3-4,6-10,14,26H,5,11-13H2,1-2H3/t14-,19-/m0/s1. The van der Waals surface area contributed by atoms with Crippen LogP contribution in [-0.4, -0.2) is 54.5 Å². The van der Waals surface area contributed by atoms with Crippen LogP contribution in [0.25, 0.3) is 0 Å². The molecule has 0 spiro atoms. The van der Waals surface area contributed by atoms with E-state index in [-0.39, 0.29) is 29.6 Å². The van der Waals surface area contributed by atoms with E-state index in [1.807, 2.05) is 17.9 Å². The highest BCUT2D eigenvalue weighted by molar-refractivity contribution is 7.96. The predicted octanol–water partition coefficient (Wildman–Crippen LogP) is 3.51. The zero-order valence-corrected chi connectivity index (χ0v) is 18.2. The molecule has 2 aliphatic rings. The number of halogens is 3. The fraction of sp³-hybridized carbons (Fsp3) is 0.450. The second-order valence-corrected chi connectivity index (χ2v) is 10.0. The summed E-state index contributed by atoms with van der Waals surface area (Å²) in [4.78, 5) is 2.48. The molecule has 0 bridgehead atoms. The van der Waals surface area contributed by atoms with E-state index < -0.39 is 21.8 Å². The Kier molecular flexibility index (Phi) is 6.16. The minimum absolute atomic E-state index is 0.152. The molecule has 1 aliphatic heterocycles. The third kappa shape index (κ3) is 4.18. The number of hydrogen-bond acceptors (Lipinski definition) is 5. The number of alkyl halides is 3. The van der Waals surface area contributed by atoms with Gasteiger partial charge in [0.15, 0.2) is 5.60 Å². The van der Waals surface area contributed by atoms with Gasteiger partial charge in [0, 0.05) is 42.6 Å². The normalized spacial score (nSPS) is 23.3. The molecule has 0 amide bonds. The van der Waals surface area contributed by atoms with E-state index in [2.05, 4.69) is 0 Å². The number of thiocarbonyl (C=S) groups is 1. The number of piperazine rings is 1. The summed E-state index contributed by atoms with van der Waals surface area (Å²) in [5.41, 5.74) is -2.53. The van der Waals surface area contributed by atoms with Crippen molar-refractivity contribution >= 4 is 32.8 Å². The molecule has 1 aromatic rings. The molecule has 5 nitrogen and oxygen atoms in total. The summed E-state index contributed by atoms with van der Waals surface area (Å²) >= 11 is 5.21. The van der Waals surface area contributed by atoms with Crippen LogP contribution < -0.4 is 4.90 Å². The van der Waals surface area contributed by atoms with Crippen LogP contribution in [0.4, 0.5) is 18.9 Å². The Morgan fingerprint density at radius 3 is 2.33 bits per heavy atom. The summed E-state index contributed by atoms with van der Waals surface area (Å²) in [5, 5.41) is 9.81. The molecular formula is C20H23F3N2O3S2. The van der Waals surface area contributed by atoms with E-state index in [0.717, 1.165) is 0 Å². The van der Waals surface area contributed by atoms with Crippen LogP contribution in [0.2, 0.25) is 0 Å². The molecule has 1 aromatic carbocycles. The van der Waals surface area contributed by atoms with Crippen LogP contribution in [0.1, 0.15) is 25.8 Å². The van der Waals surface area contributed by atoms with E-state index in [4.69, 9.17) is 12.2 Å². The molecule has 0 saturated carbocycles. The Labute approximate surface area is 179 Å². The zero-order valence-electron chi connectivity index (χ0n) is 16.6. The molecule has 30 heavy (non-hydrogen) atoms. The van der Waals surface area contributed by atoms with Gasteiger partial charge in [-0.3, -0.25) is 0 Å². The topological polar surface area (TPSA) is 60.9 Å². The number of nitrogens with zero attached hydrogens (tertiary/aromatic N) is 2. The minimum atomic E-state index is -4.79. The van der Waals surface area contributed by atoms with Gasteiger partial charge in [0.05, 0.1) is 4.91 Å². The molecule has 3 rings (SSSR count). The number of sulfonamides is 1. The first-order valence-corrected chi connectivity index (χ1v) is 11.3. The Balaban J connectivity index is 1.75. The maximum Gasteiger partial charge on any atom is 0.421 e. The maximum atomic E-state index is 13.0. The average molecular weight is 461 g/mol. The van der Waals surface area contributed by atoms with Gasteiger partial charge in [0.25, 0.3) is 0 Å². The highest BCUT2D eigenvalue weighted by atomic mass is 32.2.